The van der Waals surface area contributed by atoms with Crippen molar-refractivity contribution < 1.29 is 5.11 Å². The summed E-state index contributed by atoms with van der Waals surface area (Å²) in [5.41, 5.74) is 1.08. The van der Waals surface area contributed by atoms with Gasteiger partial charge in [-0.1, -0.05) is 20.8 Å². The SMILES string of the molecule is CC(C)n1ccc(CC(O)c2ccc(C(C)(C)C)s2)n1. The Morgan fingerprint density at radius 3 is 2.45 bits per heavy atom. The van der Waals surface area contributed by atoms with Crippen molar-refractivity contribution in [2.45, 2.75) is 58.6 Å². The van der Waals surface area contributed by atoms with E-state index < -0.39 is 6.10 Å². The van der Waals surface area contributed by atoms with E-state index in [1.54, 1.807) is 11.3 Å². The van der Waals surface area contributed by atoms with E-state index in [1.165, 1.54) is 4.88 Å². The van der Waals surface area contributed by atoms with E-state index in [4.69, 9.17) is 0 Å². The van der Waals surface area contributed by atoms with Crippen molar-refractivity contribution in [2.75, 3.05) is 0 Å². The lowest BCUT2D eigenvalue weighted by Crippen LogP contribution is -2.08. The summed E-state index contributed by atoms with van der Waals surface area (Å²) in [6, 6.07) is 6.50. The fourth-order valence-electron chi connectivity index (χ4n) is 2.01. The van der Waals surface area contributed by atoms with Gasteiger partial charge < -0.3 is 5.11 Å². The maximum atomic E-state index is 10.4. The fraction of sp³-hybridized carbons (Fsp3) is 0.562. The third-order valence-electron chi connectivity index (χ3n) is 3.29. The number of rotatable bonds is 4. The van der Waals surface area contributed by atoms with E-state index in [0.717, 1.165) is 10.6 Å². The van der Waals surface area contributed by atoms with Gasteiger partial charge in [-0.3, -0.25) is 4.68 Å². The highest BCUT2D eigenvalue weighted by molar-refractivity contribution is 7.12. The van der Waals surface area contributed by atoms with Gasteiger partial charge in [0.1, 0.15) is 0 Å². The first kappa shape index (κ1) is 15.3. The molecule has 0 aromatic carbocycles. The molecule has 0 aliphatic carbocycles. The summed E-state index contributed by atoms with van der Waals surface area (Å²) in [6.45, 7) is 10.8. The van der Waals surface area contributed by atoms with Crippen LogP contribution in [0.2, 0.25) is 0 Å². The summed E-state index contributed by atoms with van der Waals surface area (Å²) < 4.78 is 1.93. The van der Waals surface area contributed by atoms with Crippen molar-refractivity contribution in [3.05, 3.63) is 39.8 Å². The van der Waals surface area contributed by atoms with Gasteiger partial charge in [0.2, 0.25) is 0 Å². The molecule has 3 nitrogen and oxygen atoms in total. The molecule has 0 fully saturated rings. The normalized spacial score (nSPS) is 13.9. The van der Waals surface area contributed by atoms with Crippen LogP contribution in [0, 0.1) is 0 Å². The van der Waals surface area contributed by atoms with Crippen LogP contribution in [0.25, 0.3) is 0 Å². The minimum absolute atomic E-state index is 0.141. The van der Waals surface area contributed by atoms with Crippen LogP contribution in [0.3, 0.4) is 0 Å². The zero-order valence-corrected chi connectivity index (χ0v) is 13.7. The van der Waals surface area contributed by atoms with Gasteiger partial charge in [0.05, 0.1) is 11.8 Å². The van der Waals surface area contributed by atoms with Gasteiger partial charge in [-0.15, -0.1) is 11.3 Å². The minimum Gasteiger partial charge on any atom is -0.387 e. The molecule has 2 heterocycles. The van der Waals surface area contributed by atoms with E-state index in [-0.39, 0.29) is 5.41 Å². The lowest BCUT2D eigenvalue weighted by atomic mass is 9.95. The van der Waals surface area contributed by atoms with Gasteiger partial charge in [0.15, 0.2) is 0 Å². The molecule has 2 aromatic rings. The average Bonchev–Trinajstić information content (AvgIpc) is 2.95. The van der Waals surface area contributed by atoms with Crippen molar-refractivity contribution in [1.29, 1.82) is 0 Å². The fourth-order valence-corrected chi connectivity index (χ4v) is 3.06. The highest BCUT2D eigenvalue weighted by Gasteiger charge is 2.19. The van der Waals surface area contributed by atoms with Crippen LogP contribution in [-0.2, 0) is 11.8 Å². The van der Waals surface area contributed by atoms with E-state index in [9.17, 15) is 5.11 Å². The molecule has 0 aliphatic heterocycles. The topological polar surface area (TPSA) is 38.0 Å². The Hall–Kier alpha value is -1.13. The molecule has 0 saturated heterocycles. The molecule has 0 spiro atoms. The Balaban J connectivity index is 2.07. The van der Waals surface area contributed by atoms with Gasteiger partial charge in [-0.25, -0.2) is 0 Å². The Morgan fingerprint density at radius 1 is 1.25 bits per heavy atom. The molecule has 20 heavy (non-hydrogen) atoms. The number of hydrogen-bond acceptors (Lipinski definition) is 3. The van der Waals surface area contributed by atoms with Crippen molar-refractivity contribution in [3.8, 4) is 0 Å². The number of aromatic nitrogens is 2. The summed E-state index contributed by atoms with van der Waals surface area (Å²) >= 11 is 1.70. The molecular weight excluding hydrogens is 268 g/mol. The van der Waals surface area contributed by atoms with Gasteiger partial charge in [-0.05, 0) is 37.5 Å². The van der Waals surface area contributed by atoms with E-state index in [0.29, 0.717) is 12.5 Å². The predicted octanol–water partition coefficient (Wildman–Crippen LogP) is 4.10. The largest absolute Gasteiger partial charge is 0.387 e. The van der Waals surface area contributed by atoms with Gasteiger partial charge >= 0.3 is 0 Å². The lowest BCUT2D eigenvalue weighted by molar-refractivity contribution is 0.180. The van der Waals surface area contributed by atoms with Crippen molar-refractivity contribution in [2.24, 2.45) is 0 Å². The molecule has 2 aromatic heterocycles. The van der Waals surface area contributed by atoms with Crippen molar-refractivity contribution in [3.63, 3.8) is 0 Å². The molecule has 0 bridgehead atoms. The second-order valence-electron chi connectivity index (χ2n) is 6.55. The average molecular weight is 292 g/mol. The zero-order valence-electron chi connectivity index (χ0n) is 12.9. The molecular formula is C16H24N2OS. The summed E-state index contributed by atoms with van der Waals surface area (Å²) in [4.78, 5) is 2.33. The Morgan fingerprint density at radius 2 is 1.95 bits per heavy atom. The molecule has 110 valence electrons. The van der Waals surface area contributed by atoms with Gasteiger partial charge in [-0.2, -0.15) is 5.10 Å². The minimum atomic E-state index is -0.466. The third kappa shape index (κ3) is 3.49. The summed E-state index contributed by atoms with van der Waals surface area (Å²) in [5.74, 6) is 0. The zero-order chi connectivity index (χ0) is 14.9. The molecule has 1 atom stereocenters. The van der Waals surface area contributed by atoms with E-state index in [2.05, 4.69) is 45.8 Å². The lowest BCUT2D eigenvalue weighted by Gasteiger charge is -2.15. The van der Waals surface area contributed by atoms with Crippen LogP contribution < -0.4 is 0 Å². The Kier molecular flexibility index (Phi) is 4.35. The molecule has 0 radical (unpaired) electrons. The maximum Gasteiger partial charge on any atom is 0.0938 e. The number of aliphatic hydroxyl groups is 1. The predicted molar refractivity (Wildman–Crippen MR) is 84.3 cm³/mol. The smallest absolute Gasteiger partial charge is 0.0938 e. The summed E-state index contributed by atoms with van der Waals surface area (Å²) in [7, 11) is 0. The number of nitrogens with zero attached hydrogens (tertiary/aromatic N) is 2. The van der Waals surface area contributed by atoms with E-state index in [1.807, 2.05) is 23.0 Å². The molecule has 0 aliphatic rings. The molecule has 0 saturated carbocycles. The first-order valence-corrected chi connectivity index (χ1v) is 7.91. The Bertz CT molecular complexity index is 563. The first-order chi connectivity index (χ1) is 9.27. The second-order valence-corrected chi connectivity index (χ2v) is 7.67. The number of hydrogen-bond donors (Lipinski definition) is 1. The maximum absolute atomic E-state index is 10.4. The molecule has 0 amide bonds. The second kappa shape index (κ2) is 5.70. The molecule has 1 unspecified atom stereocenters. The van der Waals surface area contributed by atoms with E-state index >= 15 is 0 Å². The van der Waals surface area contributed by atoms with Gasteiger partial charge in [0.25, 0.3) is 0 Å². The van der Waals surface area contributed by atoms with Crippen LogP contribution in [0.1, 0.15) is 62.2 Å². The third-order valence-corrected chi connectivity index (χ3v) is 4.90. The van der Waals surface area contributed by atoms with Crippen LogP contribution in [0.5, 0.6) is 0 Å². The van der Waals surface area contributed by atoms with Crippen molar-refractivity contribution in [1.82, 2.24) is 9.78 Å². The van der Waals surface area contributed by atoms with Crippen LogP contribution in [0.15, 0.2) is 24.4 Å². The quantitative estimate of drug-likeness (QED) is 0.921. The highest BCUT2D eigenvalue weighted by Crippen LogP contribution is 2.33. The summed E-state index contributed by atoms with van der Waals surface area (Å²) in [6.07, 6.45) is 2.08. The Labute approximate surface area is 125 Å². The number of thiophene rings is 1. The molecule has 2 rings (SSSR count). The monoisotopic (exact) mass is 292 g/mol. The molecule has 1 N–H and O–H groups in total. The summed E-state index contributed by atoms with van der Waals surface area (Å²) in [5, 5.41) is 14.9. The van der Waals surface area contributed by atoms with Gasteiger partial charge in [0, 0.05) is 28.4 Å². The van der Waals surface area contributed by atoms with Crippen LogP contribution in [0.4, 0.5) is 0 Å². The standard InChI is InChI=1S/C16H24N2OS/c1-11(2)18-9-8-12(17-18)10-13(19)14-6-7-15(20-14)16(3,4)5/h6-9,11,13,19H,10H2,1-5H3. The molecule has 4 heteroatoms. The van der Waals surface area contributed by atoms with Crippen molar-refractivity contribution >= 4 is 11.3 Å². The number of aliphatic hydroxyl groups excluding tert-OH is 1. The highest BCUT2D eigenvalue weighted by atomic mass is 32.1. The van der Waals surface area contributed by atoms with Crippen LogP contribution in [-0.4, -0.2) is 14.9 Å². The van der Waals surface area contributed by atoms with Crippen LogP contribution >= 0.6 is 11.3 Å². The first-order valence-electron chi connectivity index (χ1n) is 7.09.